The second kappa shape index (κ2) is 5.19. The van der Waals surface area contributed by atoms with Crippen molar-refractivity contribution >= 4 is 0 Å². The maximum Gasteiger partial charge on any atom is 0.0953 e. The molecule has 1 aromatic heterocycles. The first-order chi connectivity index (χ1) is 8.24. The van der Waals surface area contributed by atoms with E-state index in [1.54, 1.807) is 6.26 Å². The minimum Gasteiger partial charge on any atom is -0.472 e. The molecule has 0 amide bonds. The molecule has 0 bridgehead atoms. The third-order valence-electron chi connectivity index (χ3n) is 3.24. The van der Waals surface area contributed by atoms with Gasteiger partial charge in [0.15, 0.2) is 0 Å². The number of hydrogen-bond donors (Lipinski definition) is 1. The first-order valence-electron chi connectivity index (χ1n) is 6.05. The lowest BCUT2D eigenvalue weighted by molar-refractivity contribution is 0.552. The summed E-state index contributed by atoms with van der Waals surface area (Å²) in [4.78, 5) is 0. The average Bonchev–Trinajstić information content (AvgIpc) is 2.84. The Morgan fingerprint density at radius 3 is 2.71 bits per heavy atom. The van der Waals surface area contributed by atoms with Crippen molar-refractivity contribution in [3.63, 3.8) is 0 Å². The molecule has 1 aromatic carbocycles. The van der Waals surface area contributed by atoms with Gasteiger partial charge in [-0.05, 0) is 43.1 Å². The van der Waals surface area contributed by atoms with Crippen LogP contribution in [0.5, 0.6) is 0 Å². The van der Waals surface area contributed by atoms with E-state index in [1.165, 1.54) is 22.3 Å². The van der Waals surface area contributed by atoms with Gasteiger partial charge in [-0.15, -0.1) is 0 Å². The Morgan fingerprint density at radius 1 is 1.24 bits per heavy atom. The largest absolute Gasteiger partial charge is 0.472 e. The molecule has 0 aliphatic carbocycles. The van der Waals surface area contributed by atoms with E-state index < -0.39 is 0 Å². The van der Waals surface area contributed by atoms with Gasteiger partial charge in [0.05, 0.1) is 18.6 Å². The molecule has 0 saturated carbocycles. The van der Waals surface area contributed by atoms with Crippen LogP contribution in [0.4, 0.5) is 0 Å². The molecule has 1 atom stereocenters. The van der Waals surface area contributed by atoms with Crippen LogP contribution < -0.4 is 5.32 Å². The zero-order valence-electron chi connectivity index (χ0n) is 10.7. The Balaban J connectivity index is 2.43. The summed E-state index contributed by atoms with van der Waals surface area (Å²) in [5.41, 5.74) is 5.18. The fraction of sp³-hybridized carbons (Fsp3) is 0.333. The molecule has 90 valence electrons. The van der Waals surface area contributed by atoms with Gasteiger partial charge in [-0.25, -0.2) is 0 Å². The Labute approximate surface area is 103 Å². The van der Waals surface area contributed by atoms with Gasteiger partial charge >= 0.3 is 0 Å². The molecule has 2 heteroatoms. The predicted molar refractivity (Wildman–Crippen MR) is 70.1 cm³/mol. The van der Waals surface area contributed by atoms with Crippen LogP contribution in [-0.2, 0) is 0 Å². The number of rotatable bonds is 4. The second-order valence-electron chi connectivity index (χ2n) is 4.34. The summed E-state index contributed by atoms with van der Waals surface area (Å²) in [6, 6.07) is 8.69. The third kappa shape index (κ3) is 2.42. The van der Waals surface area contributed by atoms with Crippen LogP contribution in [0.25, 0.3) is 0 Å². The third-order valence-corrected chi connectivity index (χ3v) is 3.24. The molecule has 2 nitrogen and oxygen atoms in total. The molecule has 2 aromatic rings. The van der Waals surface area contributed by atoms with E-state index >= 15 is 0 Å². The second-order valence-corrected chi connectivity index (χ2v) is 4.34. The summed E-state index contributed by atoms with van der Waals surface area (Å²) in [6.45, 7) is 7.38. The van der Waals surface area contributed by atoms with Crippen molar-refractivity contribution in [2.75, 3.05) is 6.54 Å². The number of furan rings is 1. The van der Waals surface area contributed by atoms with Gasteiger partial charge in [0, 0.05) is 5.56 Å². The summed E-state index contributed by atoms with van der Waals surface area (Å²) in [6.07, 6.45) is 3.54. The summed E-state index contributed by atoms with van der Waals surface area (Å²) in [7, 11) is 0. The Morgan fingerprint density at radius 2 is 2.06 bits per heavy atom. The van der Waals surface area contributed by atoms with Crippen LogP contribution in [0.2, 0.25) is 0 Å². The molecule has 1 unspecified atom stereocenters. The number of nitrogens with one attached hydrogen (secondary N) is 1. The fourth-order valence-corrected chi connectivity index (χ4v) is 2.14. The number of hydrogen-bond acceptors (Lipinski definition) is 2. The molecule has 0 saturated heterocycles. The van der Waals surface area contributed by atoms with Crippen LogP contribution in [0, 0.1) is 13.8 Å². The van der Waals surface area contributed by atoms with E-state index in [2.05, 4.69) is 44.3 Å². The van der Waals surface area contributed by atoms with E-state index in [0.29, 0.717) is 0 Å². The Hall–Kier alpha value is -1.54. The van der Waals surface area contributed by atoms with Crippen molar-refractivity contribution in [3.8, 4) is 0 Å². The number of aryl methyl sites for hydroxylation is 1. The van der Waals surface area contributed by atoms with E-state index in [1.807, 2.05) is 12.3 Å². The molecule has 1 N–H and O–H groups in total. The lowest BCUT2D eigenvalue weighted by Gasteiger charge is -2.20. The van der Waals surface area contributed by atoms with E-state index in [-0.39, 0.29) is 6.04 Å². The molecule has 0 spiro atoms. The minimum absolute atomic E-state index is 0.221. The Bertz CT molecular complexity index is 474. The average molecular weight is 229 g/mol. The van der Waals surface area contributed by atoms with Crippen LogP contribution in [0.1, 0.15) is 35.2 Å². The lowest BCUT2D eigenvalue weighted by Crippen LogP contribution is -2.22. The van der Waals surface area contributed by atoms with Crippen LogP contribution in [0.15, 0.2) is 41.2 Å². The summed E-state index contributed by atoms with van der Waals surface area (Å²) < 4.78 is 5.19. The molecule has 2 rings (SSSR count). The van der Waals surface area contributed by atoms with Crippen molar-refractivity contribution in [2.24, 2.45) is 0 Å². The first kappa shape index (κ1) is 11.9. The van der Waals surface area contributed by atoms with Gasteiger partial charge < -0.3 is 9.73 Å². The summed E-state index contributed by atoms with van der Waals surface area (Å²) in [5, 5.41) is 3.51. The fourth-order valence-electron chi connectivity index (χ4n) is 2.14. The summed E-state index contributed by atoms with van der Waals surface area (Å²) in [5.74, 6) is 0. The van der Waals surface area contributed by atoms with Crippen molar-refractivity contribution < 1.29 is 4.42 Å². The lowest BCUT2D eigenvalue weighted by atomic mass is 9.94. The Kier molecular flexibility index (Phi) is 3.64. The van der Waals surface area contributed by atoms with Gasteiger partial charge in [0.25, 0.3) is 0 Å². The highest BCUT2D eigenvalue weighted by Gasteiger charge is 2.16. The van der Waals surface area contributed by atoms with Crippen molar-refractivity contribution in [2.45, 2.75) is 26.8 Å². The minimum atomic E-state index is 0.221. The maximum atomic E-state index is 5.19. The van der Waals surface area contributed by atoms with E-state index in [4.69, 9.17) is 4.42 Å². The molecular formula is C15H19NO. The van der Waals surface area contributed by atoms with Crippen molar-refractivity contribution in [3.05, 3.63) is 59.0 Å². The van der Waals surface area contributed by atoms with Gasteiger partial charge in [-0.2, -0.15) is 0 Å². The monoisotopic (exact) mass is 229 g/mol. The smallest absolute Gasteiger partial charge is 0.0953 e. The van der Waals surface area contributed by atoms with Crippen LogP contribution >= 0.6 is 0 Å². The van der Waals surface area contributed by atoms with Crippen molar-refractivity contribution in [1.29, 1.82) is 0 Å². The topological polar surface area (TPSA) is 25.2 Å². The molecule has 0 radical (unpaired) electrons. The molecule has 0 aliphatic rings. The molecule has 0 fully saturated rings. The quantitative estimate of drug-likeness (QED) is 0.866. The van der Waals surface area contributed by atoms with Gasteiger partial charge in [0.2, 0.25) is 0 Å². The van der Waals surface area contributed by atoms with Crippen LogP contribution in [-0.4, -0.2) is 6.54 Å². The van der Waals surface area contributed by atoms with Gasteiger partial charge in [-0.1, -0.05) is 25.1 Å². The van der Waals surface area contributed by atoms with Crippen molar-refractivity contribution in [1.82, 2.24) is 5.32 Å². The highest BCUT2D eigenvalue weighted by Crippen LogP contribution is 2.26. The SMILES string of the molecule is CCNC(c1ccoc1)c1cccc(C)c1C. The highest BCUT2D eigenvalue weighted by atomic mass is 16.3. The van der Waals surface area contributed by atoms with Gasteiger partial charge in [0.1, 0.15) is 0 Å². The molecule has 1 heterocycles. The number of benzene rings is 1. The predicted octanol–water partition coefficient (Wildman–Crippen LogP) is 3.60. The highest BCUT2D eigenvalue weighted by molar-refractivity contribution is 5.39. The van der Waals surface area contributed by atoms with Gasteiger partial charge in [-0.3, -0.25) is 0 Å². The van der Waals surface area contributed by atoms with E-state index in [0.717, 1.165) is 6.54 Å². The standard InChI is InChI=1S/C15H19NO/c1-4-16-15(13-8-9-17-10-13)14-7-5-6-11(2)12(14)3/h5-10,15-16H,4H2,1-3H3. The zero-order chi connectivity index (χ0) is 12.3. The molecule has 17 heavy (non-hydrogen) atoms. The normalized spacial score (nSPS) is 12.6. The molecule has 0 aliphatic heterocycles. The molecular weight excluding hydrogens is 210 g/mol. The first-order valence-corrected chi connectivity index (χ1v) is 6.05. The van der Waals surface area contributed by atoms with E-state index in [9.17, 15) is 0 Å². The van der Waals surface area contributed by atoms with Crippen LogP contribution in [0.3, 0.4) is 0 Å². The maximum absolute atomic E-state index is 5.19. The zero-order valence-corrected chi connectivity index (χ0v) is 10.7. The summed E-state index contributed by atoms with van der Waals surface area (Å²) >= 11 is 0.